The first kappa shape index (κ1) is 15.6. The fraction of sp³-hybridized carbons (Fsp3) is 0.333. The standard InChI is InChI=1S/C15H13ClN6S2/c1-9-6-10-13(18-8-19-14(10)23-9)21-2-4-22(5-3-21)15-11(7-17)12(16)20-24-15/h6,8H,2-5H2,1H3. The van der Waals surface area contributed by atoms with Gasteiger partial charge in [0.15, 0.2) is 5.15 Å². The molecule has 3 aromatic heterocycles. The van der Waals surface area contributed by atoms with Gasteiger partial charge in [0.1, 0.15) is 33.6 Å². The van der Waals surface area contributed by atoms with E-state index in [0.717, 1.165) is 47.2 Å². The molecule has 9 heteroatoms. The minimum atomic E-state index is 0.297. The summed E-state index contributed by atoms with van der Waals surface area (Å²) in [5, 5.41) is 11.5. The summed E-state index contributed by atoms with van der Waals surface area (Å²) < 4.78 is 4.09. The van der Waals surface area contributed by atoms with Crippen LogP contribution in [-0.2, 0) is 0 Å². The van der Waals surface area contributed by atoms with Gasteiger partial charge in [0.05, 0.1) is 5.39 Å². The maximum atomic E-state index is 9.25. The highest BCUT2D eigenvalue weighted by atomic mass is 35.5. The van der Waals surface area contributed by atoms with Crippen LogP contribution in [0.2, 0.25) is 5.15 Å². The lowest BCUT2D eigenvalue weighted by Crippen LogP contribution is -2.46. The van der Waals surface area contributed by atoms with Crippen molar-refractivity contribution in [3.8, 4) is 6.07 Å². The Balaban J connectivity index is 1.56. The van der Waals surface area contributed by atoms with Gasteiger partial charge in [-0.1, -0.05) is 11.6 Å². The van der Waals surface area contributed by atoms with E-state index in [0.29, 0.717) is 10.7 Å². The van der Waals surface area contributed by atoms with Crippen molar-refractivity contribution >= 4 is 55.5 Å². The van der Waals surface area contributed by atoms with Gasteiger partial charge in [-0.05, 0) is 24.5 Å². The Morgan fingerprint density at radius 2 is 1.96 bits per heavy atom. The summed E-state index contributed by atoms with van der Waals surface area (Å²) in [5.41, 5.74) is 0.480. The summed E-state index contributed by atoms with van der Waals surface area (Å²) in [6.45, 7) is 5.37. The Kier molecular flexibility index (Phi) is 4.00. The number of rotatable bonds is 2. The zero-order valence-corrected chi connectivity index (χ0v) is 15.2. The third kappa shape index (κ3) is 2.59. The average molecular weight is 377 g/mol. The van der Waals surface area contributed by atoms with Crippen molar-refractivity contribution in [1.82, 2.24) is 14.3 Å². The Hall–Kier alpha value is -1.95. The van der Waals surface area contributed by atoms with Crippen LogP contribution in [-0.4, -0.2) is 40.5 Å². The SMILES string of the molecule is Cc1cc2c(N3CCN(c4snc(Cl)c4C#N)CC3)ncnc2s1. The van der Waals surface area contributed by atoms with Crippen LogP contribution < -0.4 is 9.80 Å². The third-order valence-electron chi connectivity index (χ3n) is 4.04. The number of aryl methyl sites for hydroxylation is 1. The fourth-order valence-corrected chi connectivity index (χ4v) is 4.83. The van der Waals surface area contributed by atoms with Crippen molar-refractivity contribution in [2.45, 2.75) is 6.92 Å². The third-order valence-corrected chi connectivity index (χ3v) is 6.28. The van der Waals surface area contributed by atoms with E-state index in [9.17, 15) is 5.26 Å². The molecule has 3 aromatic rings. The van der Waals surface area contributed by atoms with Crippen LogP contribution in [0.4, 0.5) is 10.8 Å². The largest absolute Gasteiger partial charge is 0.358 e. The van der Waals surface area contributed by atoms with Crippen molar-refractivity contribution in [2.24, 2.45) is 0 Å². The smallest absolute Gasteiger partial charge is 0.162 e. The summed E-state index contributed by atoms with van der Waals surface area (Å²) in [6.07, 6.45) is 1.64. The summed E-state index contributed by atoms with van der Waals surface area (Å²) in [7, 11) is 0. The molecule has 6 nitrogen and oxygen atoms in total. The highest BCUT2D eigenvalue weighted by Gasteiger charge is 2.24. The molecule has 1 saturated heterocycles. The highest BCUT2D eigenvalue weighted by molar-refractivity contribution is 7.18. The maximum absolute atomic E-state index is 9.25. The molecule has 0 N–H and O–H groups in total. The zero-order valence-electron chi connectivity index (χ0n) is 12.9. The van der Waals surface area contributed by atoms with Crippen LogP contribution in [0.1, 0.15) is 10.4 Å². The molecule has 0 aliphatic carbocycles. The second-order valence-corrected chi connectivity index (χ2v) is 7.86. The molecule has 0 spiro atoms. The topological polar surface area (TPSA) is 68.9 Å². The minimum absolute atomic E-state index is 0.297. The summed E-state index contributed by atoms with van der Waals surface area (Å²) in [4.78, 5) is 15.6. The Bertz CT molecular complexity index is 935. The number of piperazine rings is 1. The van der Waals surface area contributed by atoms with Gasteiger partial charge < -0.3 is 9.80 Å². The molecule has 4 heterocycles. The molecule has 0 saturated carbocycles. The number of hydrogen-bond acceptors (Lipinski definition) is 8. The van der Waals surface area contributed by atoms with Crippen molar-refractivity contribution in [1.29, 1.82) is 5.26 Å². The number of anilines is 2. The summed E-state index contributed by atoms with van der Waals surface area (Å²) in [5.74, 6) is 0.992. The van der Waals surface area contributed by atoms with Gasteiger partial charge in [-0.2, -0.15) is 9.64 Å². The number of nitriles is 1. The molecule has 122 valence electrons. The molecular formula is C15H13ClN6S2. The summed E-state index contributed by atoms with van der Waals surface area (Å²) in [6, 6.07) is 4.30. The molecule has 0 aromatic carbocycles. The van der Waals surface area contributed by atoms with E-state index in [-0.39, 0.29) is 0 Å². The number of halogens is 1. The normalized spacial score (nSPS) is 15.0. The van der Waals surface area contributed by atoms with Crippen molar-refractivity contribution in [2.75, 3.05) is 36.0 Å². The number of fused-ring (bicyclic) bond motifs is 1. The number of nitrogens with zero attached hydrogens (tertiary/aromatic N) is 6. The lowest BCUT2D eigenvalue weighted by molar-refractivity contribution is 0.652. The van der Waals surface area contributed by atoms with Gasteiger partial charge in [-0.25, -0.2) is 9.97 Å². The van der Waals surface area contributed by atoms with E-state index < -0.39 is 0 Å². The van der Waals surface area contributed by atoms with Gasteiger partial charge in [-0.15, -0.1) is 11.3 Å². The second kappa shape index (κ2) is 6.16. The quantitative estimate of drug-likeness (QED) is 0.683. The van der Waals surface area contributed by atoms with Gasteiger partial charge in [0, 0.05) is 31.1 Å². The predicted molar refractivity (Wildman–Crippen MR) is 98.4 cm³/mol. The molecule has 0 bridgehead atoms. The molecule has 1 aliphatic rings. The van der Waals surface area contributed by atoms with Crippen LogP contribution in [0.3, 0.4) is 0 Å². The number of hydrogen-bond donors (Lipinski definition) is 0. The van der Waals surface area contributed by atoms with E-state index >= 15 is 0 Å². The molecule has 1 aliphatic heterocycles. The first-order valence-electron chi connectivity index (χ1n) is 7.43. The molecule has 0 atom stereocenters. The van der Waals surface area contributed by atoms with Gasteiger partial charge in [0.25, 0.3) is 0 Å². The van der Waals surface area contributed by atoms with Crippen LogP contribution in [0.5, 0.6) is 0 Å². The van der Waals surface area contributed by atoms with Crippen molar-refractivity contribution < 1.29 is 0 Å². The first-order chi connectivity index (χ1) is 11.7. The zero-order chi connectivity index (χ0) is 16.7. The van der Waals surface area contributed by atoms with Crippen LogP contribution in [0, 0.1) is 18.3 Å². The molecule has 0 unspecified atom stereocenters. The van der Waals surface area contributed by atoms with Gasteiger partial charge >= 0.3 is 0 Å². The lowest BCUT2D eigenvalue weighted by atomic mass is 10.2. The fourth-order valence-electron chi connectivity index (χ4n) is 2.91. The van der Waals surface area contributed by atoms with E-state index in [1.165, 1.54) is 16.4 Å². The Morgan fingerprint density at radius 3 is 2.71 bits per heavy atom. The number of thiophene rings is 1. The second-order valence-electron chi connectivity index (χ2n) is 5.51. The predicted octanol–water partition coefficient (Wildman–Crippen LogP) is 3.31. The molecule has 0 amide bonds. The van der Waals surface area contributed by atoms with Crippen LogP contribution >= 0.6 is 34.5 Å². The van der Waals surface area contributed by atoms with Gasteiger partial charge in [-0.3, -0.25) is 0 Å². The Morgan fingerprint density at radius 1 is 1.21 bits per heavy atom. The maximum Gasteiger partial charge on any atom is 0.162 e. The first-order valence-corrected chi connectivity index (χ1v) is 9.40. The lowest BCUT2D eigenvalue weighted by Gasteiger charge is -2.36. The molecule has 4 rings (SSSR count). The molecular weight excluding hydrogens is 364 g/mol. The van der Waals surface area contributed by atoms with E-state index in [4.69, 9.17) is 11.6 Å². The van der Waals surface area contributed by atoms with E-state index in [1.807, 2.05) is 0 Å². The van der Waals surface area contributed by atoms with Crippen molar-refractivity contribution in [3.63, 3.8) is 0 Å². The molecule has 0 radical (unpaired) electrons. The monoisotopic (exact) mass is 376 g/mol. The summed E-state index contributed by atoms with van der Waals surface area (Å²) >= 11 is 8.96. The van der Waals surface area contributed by atoms with Crippen molar-refractivity contribution in [3.05, 3.63) is 28.0 Å². The van der Waals surface area contributed by atoms with E-state index in [2.05, 4.69) is 43.2 Å². The average Bonchev–Trinajstić information content (AvgIpc) is 3.16. The highest BCUT2D eigenvalue weighted by Crippen LogP contribution is 2.34. The molecule has 1 fully saturated rings. The van der Waals surface area contributed by atoms with Crippen LogP contribution in [0.25, 0.3) is 10.2 Å². The Labute approximate surface area is 152 Å². The van der Waals surface area contributed by atoms with E-state index in [1.54, 1.807) is 17.7 Å². The van der Waals surface area contributed by atoms with Gasteiger partial charge in [0.2, 0.25) is 0 Å². The van der Waals surface area contributed by atoms with Crippen LogP contribution in [0.15, 0.2) is 12.4 Å². The minimum Gasteiger partial charge on any atom is -0.358 e. The number of aromatic nitrogens is 3. The molecule has 24 heavy (non-hydrogen) atoms.